The summed E-state index contributed by atoms with van der Waals surface area (Å²) in [5.74, 6) is -0.910. The minimum Gasteiger partial charge on any atom is -0.481 e. The molecule has 0 saturated carbocycles. The van der Waals surface area contributed by atoms with E-state index < -0.39 is 17.7 Å². The van der Waals surface area contributed by atoms with Crippen LogP contribution in [0.25, 0.3) is 0 Å². The molecule has 1 amide bonds. The molecule has 5 nitrogen and oxygen atoms in total. The third kappa shape index (κ3) is 9.93. The van der Waals surface area contributed by atoms with Gasteiger partial charge in [-0.3, -0.25) is 4.79 Å². The topological polar surface area (TPSA) is 75.6 Å². The number of hydrogen-bond donors (Lipinski definition) is 2. The van der Waals surface area contributed by atoms with Crippen LogP contribution in [-0.2, 0) is 9.53 Å². The lowest BCUT2D eigenvalue weighted by Gasteiger charge is -2.23. The third-order valence-electron chi connectivity index (χ3n) is 2.30. The van der Waals surface area contributed by atoms with Crippen LogP contribution in [0.4, 0.5) is 4.79 Å². The number of rotatable bonds is 7. The first kappa shape index (κ1) is 16.7. The summed E-state index contributed by atoms with van der Waals surface area (Å²) in [7, 11) is 0. The second-order valence-corrected chi connectivity index (χ2v) is 5.44. The van der Waals surface area contributed by atoms with Crippen LogP contribution in [0.15, 0.2) is 0 Å². The Morgan fingerprint density at radius 3 is 2.33 bits per heavy atom. The lowest BCUT2D eigenvalue weighted by molar-refractivity contribution is -0.137. The number of alkyl carbamates (subject to hydrolysis) is 1. The van der Waals surface area contributed by atoms with Gasteiger partial charge >= 0.3 is 12.1 Å². The summed E-state index contributed by atoms with van der Waals surface area (Å²) < 4.78 is 5.11. The molecule has 0 aliphatic rings. The van der Waals surface area contributed by atoms with E-state index in [0.29, 0.717) is 6.42 Å². The Morgan fingerprint density at radius 2 is 1.89 bits per heavy atom. The van der Waals surface area contributed by atoms with E-state index in [9.17, 15) is 9.59 Å². The summed E-state index contributed by atoms with van der Waals surface area (Å²) in [5, 5.41) is 11.4. The molecule has 0 aromatic heterocycles. The Hall–Kier alpha value is -1.26. The van der Waals surface area contributed by atoms with Crippen LogP contribution in [0.3, 0.4) is 0 Å². The van der Waals surface area contributed by atoms with Gasteiger partial charge in [0.15, 0.2) is 0 Å². The normalized spacial score (nSPS) is 12.9. The first-order valence-corrected chi connectivity index (χ1v) is 6.46. The summed E-state index contributed by atoms with van der Waals surface area (Å²) >= 11 is 0. The average molecular weight is 259 g/mol. The van der Waals surface area contributed by atoms with Crippen molar-refractivity contribution in [2.45, 2.75) is 71.4 Å². The van der Waals surface area contributed by atoms with Crippen LogP contribution < -0.4 is 5.32 Å². The lowest BCUT2D eigenvalue weighted by atomic mass is 10.1. The first-order chi connectivity index (χ1) is 8.24. The van der Waals surface area contributed by atoms with Gasteiger partial charge in [0.1, 0.15) is 5.60 Å². The highest BCUT2D eigenvalue weighted by molar-refractivity contribution is 5.71. The summed E-state index contributed by atoms with van der Waals surface area (Å²) in [6, 6.07) is -0.358. The van der Waals surface area contributed by atoms with Crippen LogP contribution in [0.2, 0.25) is 0 Å². The van der Waals surface area contributed by atoms with Crippen LogP contribution in [-0.4, -0.2) is 28.8 Å². The summed E-state index contributed by atoms with van der Waals surface area (Å²) in [5.41, 5.74) is -0.568. The molecule has 0 radical (unpaired) electrons. The van der Waals surface area contributed by atoms with Crippen molar-refractivity contribution in [1.82, 2.24) is 5.32 Å². The lowest BCUT2D eigenvalue weighted by Crippen LogP contribution is -2.40. The smallest absolute Gasteiger partial charge is 0.407 e. The van der Waals surface area contributed by atoms with Gasteiger partial charge < -0.3 is 15.2 Å². The van der Waals surface area contributed by atoms with Crippen molar-refractivity contribution >= 4 is 12.1 Å². The Bertz CT molecular complexity index is 271. The fraction of sp³-hybridized carbons (Fsp3) is 0.846. The van der Waals surface area contributed by atoms with Crippen molar-refractivity contribution in [3.05, 3.63) is 0 Å². The number of carboxylic acids is 1. The van der Waals surface area contributed by atoms with E-state index in [-0.39, 0.29) is 12.5 Å². The zero-order valence-corrected chi connectivity index (χ0v) is 11.8. The molecule has 1 atom stereocenters. The van der Waals surface area contributed by atoms with E-state index in [0.717, 1.165) is 19.3 Å². The molecular formula is C13H25NO4. The van der Waals surface area contributed by atoms with Crippen molar-refractivity contribution in [3.63, 3.8) is 0 Å². The largest absolute Gasteiger partial charge is 0.481 e. The fourth-order valence-corrected chi connectivity index (χ4v) is 1.55. The molecule has 2 N–H and O–H groups in total. The molecule has 18 heavy (non-hydrogen) atoms. The SMILES string of the molecule is CCCCCC(CC(=O)O)NC(=O)OC(C)(C)C. The number of nitrogens with one attached hydrogen (secondary N) is 1. The van der Waals surface area contributed by atoms with Crippen LogP contribution in [0.5, 0.6) is 0 Å². The average Bonchev–Trinajstić information content (AvgIpc) is 2.13. The highest BCUT2D eigenvalue weighted by Gasteiger charge is 2.20. The Labute approximate surface area is 109 Å². The maximum absolute atomic E-state index is 11.6. The Kier molecular flexibility index (Phi) is 7.39. The molecule has 0 heterocycles. The van der Waals surface area contributed by atoms with Gasteiger partial charge in [0.25, 0.3) is 0 Å². The van der Waals surface area contributed by atoms with E-state index in [1.165, 1.54) is 0 Å². The molecule has 0 bridgehead atoms. The summed E-state index contributed by atoms with van der Waals surface area (Å²) in [6.07, 6.45) is 3.05. The number of amides is 1. The predicted octanol–water partition coefficient (Wildman–Crippen LogP) is 2.93. The molecular weight excluding hydrogens is 234 g/mol. The molecule has 0 aromatic rings. The molecule has 0 aliphatic heterocycles. The van der Waals surface area contributed by atoms with Gasteiger partial charge in [-0.1, -0.05) is 26.2 Å². The number of carboxylic acid groups (broad SMARTS) is 1. The van der Waals surface area contributed by atoms with Crippen LogP contribution in [0, 0.1) is 0 Å². The number of carbonyl (C=O) groups excluding carboxylic acids is 1. The molecule has 1 unspecified atom stereocenters. The zero-order valence-electron chi connectivity index (χ0n) is 11.8. The van der Waals surface area contributed by atoms with Crippen molar-refractivity contribution in [3.8, 4) is 0 Å². The Morgan fingerprint density at radius 1 is 1.28 bits per heavy atom. The number of ether oxygens (including phenoxy) is 1. The minimum atomic E-state index is -0.910. The number of unbranched alkanes of at least 4 members (excludes halogenated alkanes) is 2. The summed E-state index contributed by atoms with van der Waals surface area (Å²) in [6.45, 7) is 7.40. The van der Waals surface area contributed by atoms with E-state index in [2.05, 4.69) is 12.2 Å². The van der Waals surface area contributed by atoms with Gasteiger partial charge in [0.05, 0.1) is 6.42 Å². The maximum Gasteiger partial charge on any atom is 0.407 e. The standard InChI is InChI=1S/C13H25NO4/c1-5-6-7-8-10(9-11(15)16)14-12(17)18-13(2,3)4/h10H,5-9H2,1-4H3,(H,14,17)(H,15,16). The monoisotopic (exact) mass is 259 g/mol. The first-order valence-electron chi connectivity index (χ1n) is 6.46. The molecule has 0 spiro atoms. The maximum atomic E-state index is 11.6. The van der Waals surface area contributed by atoms with Gasteiger partial charge in [-0.25, -0.2) is 4.79 Å². The zero-order chi connectivity index (χ0) is 14.2. The highest BCUT2D eigenvalue weighted by atomic mass is 16.6. The summed E-state index contributed by atoms with van der Waals surface area (Å²) in [4.78, 5) is 22.3. The van der Waals surface area contributed by atoms with Gasteiger partial charge in [-0.15, -0.1) is 0 Å². The highest BCUT2D eigenvalue weighted by Crippen LogP contribution is 2.10. The van der Waals surface area contributed by atoms with Gasteiger partial charge in [-0.05, 0) is 27.2 Å². The molecule has 0 rings (SSSR count). The van der Waals surface area contributed by atoms with E-state index in [4.69, 9.17) is 9.84 Å². The second-order valence-electron chi connectivity index (χ2n) is 5.44. The molecule has 0 aromatic carbocycles. The second kappa shape index (κ2) is 7.95. The molecule has 106 valence electrons. The van der Waals surface area contributed by atoms with Crippen molar-refractivity contribution in [1.29, 1.82) is 0 Å². The van der Waals surface area contributed by atoms with Crippen molar-refractivity contribution < 1.29 is 19.4 Å². The third-order valence-corrected chi connectivity index (χ3v) is 2.30. The number of aliphatic carboxylic acids is 1. The van der Waals surface area contributed by atoms with Crippen LogP contribution >= 0.6 is 0 Å². The van der Waals surface area contributed by atoms with Gasteiger partial charge in [-0.2, -0.15) is 0 Å². The quantitative estimate of drug-likeness (QED) is 0.689. The number of carbonyl (C=O) groups is 2. The van der Waals surface area contributed by atoms with Gasteiger partial charge in [0, 0.05) is 6.04 Å². The van der Waals surface area contributed by atoms with Crippen molar-refractivity contribution in [2.24, 2.45) is 0 Å². The molecule has 0 fully saturated rings. The van der Waals surface area contributed by atoms with Crippen LogP contribution in [0.1, 0.15) is 59.8 Å². The van der Waals surface area contributed by atoms with Gasteiger partial charge in [0.2, 0.25) is 0 Å². The van der Waals surface area contributed by atoms with E-state index in [1.807, 2.05) is 0 Å². The van der Waals surface area contributed by atoms with Crippen molar-refractivity contribution in [2.75, 3.05) is 0 Å². The molecule has 0 saturated heterocycles. The fourth-order valence-electron chi connectivity index (χ4n) is 1.55. The predicted molar refractivity (Wildman–Crippen MR) is 69.6 cm³/mol. The molecule has 0 aliphatic carbocycles. The van der Waals surface area contributed by atoms with E-state index >= 15 is 0 Å². The minimum absolute atomic E-state index is 0.0665. The molecule has 5 heteroatoms. The number of hydrogen-bond acceptors (Lipinski definition) is 3. The van der Waals surface area contributed by atoms with E-state index in [1.54, 1.807) is 20.8 Å². The Balaban J connectivity index is 4.21.